The van der Waals surface area contributed by atoms with Gasteiger partial charge in [-0.1, -0.05) is 47.3 Å². The van der Waals surface area contributed by atoms with Gasteiger partial charge in [0.25, 0.3) is 0 Å². The Morgan fingerprint density at radius 2 is 1.87 bits per heavy atom. The molecule has 0 bridgehead atoms. The quantitative estimate of drug-likeness (QED) is 0.765. The molecule has 1 saturated carbocycles. The molecule has 3 nitrogen and oxygen atoms in total. The predicted octanol–water partition coefficient (Wildman–Crippen LogP) is 5.03. The molecule has 1 aliphatic carbocycles. The zero-order chi connectivity index (χ0) is 15.4. The summed E-state index contributed by atoms with van der Waals surface area (Å²) in [5, 5.41) is 8.04. The van der Waals surface area contributed by atoms with Crippen molar-refractivity contribution in [1.29, 1.82) is 0 Å². The molecule has 1 fully saturated rings. The Bertz CT molecular complexity index is 603. The molecular formula is C18H25BrClN3. The summed E-state index contributed by atoms with van der Waals surface area (Å²) in [6.45, 7) is 1.87. The van der Waals surface area contributed by atoms with Crippen molar-refractivity contribution < 1.29 is 0 Å². The Morgan fingerprint density at radius 3 is 2.52 bits per heavy atom. The van der Waals surface area contributed by atoms with Crippen LogP contribution in [0.2, 0.25) is 0 Å². The predicted molar refractivity (Wildman–Crippen MR) is 102 cm³/mol. The highest BCUT2D eigenvalue weighted by atomic mass is 79.9. The van der Waals surface area contributed by atoms with Crippen LogP contribution in [0, 0.1) is 5.92 Å². The fourth-order valence-electron chi connectivity index (χ4n) is 3.34. The lowest BCUT2D eigenvalue weighted by Gasteiger charge is -2.22. The summed E-state index contributed by atoms with van der Waals surface area (Å²) in [5.74, 6) is 0.783. The number of nitrogens with one attached hydrogen (secondary N) is 1. The van der Waals surface area contributed by atoms with Gasteiger partial charge in [0.05, 0.1) is 11.4 Å². The van der Waals surface area contributed by atoms with E-state index < -0.39 is 0 Å². The third-order valence-corrected chi connectivity index (χ3v) is 5.01. The van der Waals surface area contributed by atoms with E-state index in [0.29, 0.717) is 0 Å². The maximum absolute atomic E-state index is 4.84. The highest BCUT2D eigenvalue weighted by Crippen LogP contribution is 2.28. The molecule has 126 valence electrons. The first kappa shape index (κ1) is 18.5. The molecule has 1 N–H and O–H groups in total. The minimum absolute atomic E-state index is 0. The molecule has 0 aliphatic heterocycles. The van der Waals surface area contributed by atoms with Crippen LogP contribution >= 0.6 is 28.3 Å². The fourth-order valence-corrected chi connectivity index (χ4v) is 3.61. The van der Waals surface area contributed by atoms with Crippen molar-refractivity contribution in [2.45, 2.75) is 45.2 Å². The number of halogens is 2. The molecule has 1 aliphatic rings. The lowest BCUT2D eigenvalue weighted by atomic mass is 9.89. The number of rotatable bonds is 5. The molecular weight excluding hydrogens is 374 g/mol. The third kappa shape index (κ3) is 4.82. The van der Waals surface area contributed by atoms with Gasteiger partial charge in [0, 0.05) is 17.6 Å². The van der Waals surface area contributed by atoms with Crippen molar-refractivity contribution >= 4 is 28.3 Å². The number of benzene rings is 1. The molecule has 0 radical (unpaired) electrons. The SMILES string of the molecule is CNCc1cc(-c2ccc(Br)cc2)n(CC2CCCCC2)n1.Cl. The maximum atomic E-state index is 4.84. The van der Waals surface area contributed by atoms with Gasteiger partial charge in [-0.2, -0.15) is 5.10 Å². The lowest BCUT2D eigenvalue weighted by Crippen LogP contribution is -2.16. The van der Waals surface area contributed by atoms with Gasteiger partial charge in [0.15, 0.2) is 0 Å². The van der Waals surface area contributed by atoms with Crippen LogP contribution in [-0.2, 0) is 13.1 Å². The van der Waals surface area contributed by atoms with E-state index in [4.69, 9.17) is 5.10 Å². The maximum Gasteiger partial charge on any atom is 0.0768 e. The monoisotopic (exact) mass is 397 g/mol. The average molecular weight is 399 g/mol. The van der Waals surface area contributed by atoms with Crippen LogP contribution in [0.4, 0.5) is 0 Å². The van der Waals surface area contributed by atoms with E-state index in [0.717, 1.165) is 29.2 Å². The van der Waals surface area contributed by atoms with Gasteiger partial charge in [-0.05, 0) is 49.6 Å². The summed E-state index contributed by atoms with van der Waals surface area (Å²) in [6.07, 6.45) is 6.86. The second-order valence-electron chi connectivity index (χ2n) is 6.24. The molecule has 2 aromatic rings. The topological polar surface area (TPSA) is 29.9 Å². The van der Waals surface area contributed by atoms with E-state index in [1.54, 1.807) is 0 Å². The van der Waals surface area contributed by atoms with Crippen molar-refractivity contribution in [2.75, 3.05) is 7.05 Å². The molecule has 0 amide bonds. The Labute approximate surface area is 153 Å². The number of aromatic nitrogens is 2. The summed E-state index contributed by atoms with van der Waals surface area (Å²) in [6, 6.07) is 10.8. The van der Waals surface area contributed by atoms with Crippen LogP contribution in [0.1, 0.15) is 37.8 Å². The Kier molecular flexibility index (Phi) is 7.12. The van der Waals surface area contributed by atoms with Crippen LogP contribution in [0.5, 0.6) is 0 Å². The van der Waals surface area contributed by atoms with Crippen LogP contribution in [0.25, 0.3) is 11.3 Å². The summed E-state index contributed by atoms with van der Waals surface area (Å²) >= 11 is 3.51. The number of nitrogens with zero attached hydrogens (tertiary/aromatic N) is 2. The second kappa shape index (κ2) is 8.86. The molecule has 0 saturated heterocycles. The van der Waals surface area contributed by atoms with Gasteiger partial charge in [-0.15, -0.1) is 12.4 Å². The Balaban J connectivity index is 0.00000192. The molecule has 0 atom stereocenters. The Hall–Kier alpha value is -0.840. The average Bonchev–Trinajstić information content (AvgIpc) is 2.92. The van der Waals surface area contributed by atoms with Gasteiger partial charge in [0.2, 0.25) is 0 Å². The van der Waals surface area contributed by atoms with Crippen molar-refractivity contribution in [3.63, 3.8) is 0 Å². The highest BCUT2D eigenvalue weighted by molar-refractivity contribution is 9.10. The van der Waals surface area contributed by atoms with Gasteiger partial charge >= 0.3 is 0 Å². The van der Waals surface area contributed by atoms with E-state index in [9.17, 15) is 0 Å². The zero-order valence-corrected chi connectivity index (χ0v) is 16.0. The molecule has 1 aromatic carbocycles. The van der Waals surface area contributed by atoms with Crippen LogP contribution in [-0.4, -0.2) is 16.8 Å². The normalized spacial score (nSPS) is 15.4. The van der Waals surface area contributed by atoms with E-state index in [-0.39, 0.29) is 12.4 Å². The second-order valence-corrected chi connectivity index (χ2v) is 7.16. The number of hydrogen-bond donors (Lipinski definition) is 1. The fraction of sp³-hybridized carbons (Fsp3) is 0.500. The van der Waals surface area contributed by atoms with E-state index in [2.05, 4.69) is 56.3 Å². The zero-order valence-electron chi connectivity index (χ0n) is 13.6. The molecule has 0 spiro atoms. The summed E-state index contributed by atoms with van der Waals surface area (Å²) in [7, 11) is 1.97. The van der Waals surface area contributed by atoms with Gasteiger partial charge in [-0.25, -0.2) is 0 Å². The van der Waals surface area contributed by atoms with Crippen molar-refractivity contribution in [2.24, 2.45) is 5.92 Å². The molecule has 5 heteroatoms. The molecule has 1 heterocycles. The number of hydrogen-bond acceptors (Lipinski definition) is 2. The standard InChI is InChI=1S/C18H24BrN3.ClH/c1-20-12-17-11-18(15-7-9-16(19)10-8-15)22(21-17)13-14-5-3-2-4-6-14;/h7-11,14,20H,2-6,12-13H2,1H3;1H. The van der Waals surface area contributed by atoms with E-state index in [1.165, 1.54) is 43.4 Å². The molecule has 23 heavy (non-hydrogen) atoms. The molecule has 0 unspecified atom stereocenters. The van der Waals surface area contributed by atoms with Crippen LogP contribution in [0.3, 0.4) is 0 Å². The summed E-state index contributed by atoms with van der Waals surface area (Å²) < 4.78 is 3.34. The Morgan fingerprint density at radius 1 is 1.17 bits per heavy atom. The van der Waals surface area contributed by atoms with E-state index in [1.807, 2.05) is 7.05 Å². The third-order valence-electron chi connectivity index (χ3n) is 4.48. The first-order valence-corrected chi connectivity index (χ1v) is 9.03. The summed E-state index contributed by atoms with van der Waals surface area (Å²) in [5.41, 5.74) is 3.61. The van der Waals surface area contributed by atoms with Crippen LogP contribution < -0.4 is 5.32 Å². The first-order valence-electron chi connectivity index (χ1n) is 8.23. The largest absolute Gasteiger partial charge is 0.314 e. The minimum Gasteiger partial charge on any atom is -0.314 e. The van der Waals surface area contributed by atoms with Crippen molar-refractivity contribution in [1.82, 2.24) is 15.1 Å². The summed E-state index contributed by atoms with van der Waals surface area (Å²) in [4.78, 5) is 0. The molecule has 1 aromatic heterocycles. The molecule has 3 rings (SSSR count). The smallest absolute Gasteiger partial charge is 0.0768 e. The van der Waals surface area contributed by atoms with Gasteiger partial charge in [-0.3, -0.25) is 4.68 Å². The van der Waals surface area contributed by atoms with Crippen molar-refractivity contribution in [3.8, 4) is 11.3 Å². The lowest BCUT2D eigenvalue weighted by molar-refractivity contribution is 0.309. The first-order chi connectivity index (χ1) is 10.8. The minimum atomic E-state index is 0. The highest BCUT2D eigenvalue weighted by Gasteiger charge is 2.17. The van der Waals surface area contributed by atoms with Gasteiger partial charge in [0.1, 0.15) is 0 Å². The van der Waals surface area contributed by atoms with Crippen LogP contribution in [0.15, 0.2) is 34.8 Å². The van der Waals surface area contributed by atoms with Gasteiger partial charge < -0.3 is 5.32 Å². The van der Waals surface area contributed by atoms with E-state index >= 15 is 0 Å². The van der Waals surface area contributed by atoms with Crippen molar-refractivity contribution in [3.05, 3.63) is 40.5 Å².